The van der Waals surface area contributed by atoms with Crippen molar-refractivity contribution in [2.75, 3.05) is 5.32 Å². The monoisotopic (exact) mass is 451 g/mol. The molecule has 0 aliphatic carbocycles. The largest absolute Gasteiger partial charge is 0.459 e. The number of benzene rings is 2. The van der Waals surface area contributed by atoms with Gasteiger partial charge in [-0.1, -0.05) is 28.1 Å². The van der Waals surface area contributed by atoms with Gasteiger partial charge in [-0.3, -0.25) is 4.79 Å². The van der Waals surface area contributed by atoms with Crippen LogP contribution in [0.3, 0.4) is 0 Å². The van der Waals surface area contributed by atoms with Gasteiger partial charge >= 0.3 is 0 Å². The Hall–Kier alpha value is -3.09. The van der Waals surface area contributed by atoms with E-state index in [1.165, 1.54) is 0 Å². The van der Waals surface area contributed by atoms with E-state index in [1.807, 2.05) is 49.4 Å². The Kier molecular flexibility index (Phi) is 5.38. The first-order valence-corrected chi connectivity index (χ1v) is 9.80. The van der Waals surface area contributed by atoms with E-state index in [0.29, 0.717) is 23.0 Å². The minimum atomic E-state index is -0.318. The molecular formula is C23H18BrNO4. The molecule has 0 spiro atoms. The van der Waals surface area contributed by atoms with E-state index in [2.05, 4.69) is 21.2 Å². The standard InChI is InChI=1S/C23H18BrNO4/c1-14-12-17(6-8-19(14)21-9-7-18(13-26)28-21)25-23(27)22-11-10-20(29-22)15-2-4-16(24)5-3-15/h2-12,26H,13H2,1H3,(H,25,27). The molecule has 2 heterocycles. The molecule has 2 aromatic heterocycles. The molecule has 0 aliphatic rings. The lowest BCUT2D eigenvalue weighted by Crippen LogP contribution is -2.10. The van der Waals surface area contributed by atoms with E-state index < -0.39 is 0 Å². The number of hydrogen-bond acceptors (Lipinski definition) is 4. The molecule has 4 aromatic rings. The van der Waals surface area contributed by atoms with Crippen molar-refractivity contribution < 1.29 is 18.7 Å². The van der Waals surface area contributed by atoms with Gasteiger partial charge in [-0.2, -0.15) is 0 Å². The summed E-state index contributed by atoms with van der Waals surface area (Å²) in [4.78, 5) is 12.6. The molecule has 0 unspecified atom stereocenters. The van der Waals surface area contributed by atoms with Gasteiger partial charge in [-0.25, -0.2) is 0 Å². The molecule has 6 heteroatoms. The van der Waals surface area contributed by atoms with Crippen LogP contribution < -0.4 is 5.32 Å². The number of nitrogens with one attached hydrogen (secondary N) is 1. The van der Waals surface area contributed by atoms with E-state index in [-0.39, 0.29) is 18.3 Å². The maximum Gasteiger partial charge on any atom is 0.291 e. The van der Waals surface area contributed by atoms with Crippen molar-refractivity contribution in [2.45, 2.75) is 13.5 Å². The predicted octanol–water partition coefficient (Wildman–Crippen LogP) is 6.02. The molecular weight excluding hydrogens is 434 g/mol. The number of rotatable bonds is 5. The Balaban J connectivity index is 1.50. The zero-order valence-electron chi connectivity index (χ0n) is 15.6. The number of amides is 1. The van der Waals surface area contributed by atoms with E-state index in [4.69, 9.17) is 13.9 Å². The third-order valence-electron chi connectivity index (χ3n) is 4.53. The molecule has 5 nitrogen and oxygen atoms in total. The molecule has 4 rings (SSSR count). The minimum Gasteiger partial charge on any atom is -0.459 e. The SMILES string of the molecule is Cc1cc(NC(=O)c2ccc(-c3ccc(Br)cc3)o2)ccc1-c1ccc(CO)o1. The van der Waals surface area contributed by atoms with Gasteiger partial charge in [-0.05, 0) is 67.1 Å². The highest BCUT2D eigenvalue weighted by atomic mass is 79.9. The summed E-state index contributed by atoms with van der Waals surface area (Å²) in [5, 5.41) is 12.0. The van der Waals surface area contributed by atoms with Crippen LogP contribution in [-0.2, 0) is 6.61 Å². The second kappa shape index (κ2) is 8.11. The van der Waals surface area contributed by atoms with Crippen LogP contribution in [0.1, 0.15) is 21.9 Å². The van der Waals surface area contributed by atoms with Crippen LogP contribution in [0.15, 0.2) is 80.0 Å². The molecule has 0 radical (unpaired) electrons. The van der Waals surface area contributed by atoms with Gasteiger partial charge in [0, 0.05) is 21.3 Å². The summed E-state index contributed by atoms with van der Waals surface area (Å²) in [6.07, 6.45) is 0. The van der Waals surface area contributed by atoms with Crippen molar-refractivity contribution in [2.24, 2.45) is 0 Å². The van der Waals surface area contributed by atoms with Crippen molar-refractivity contribution in [3.63, 3.8) is 0 Å². The van der Waals surface area contributed by atoms with Crippen molar-refractivity contribution in [1.29, 1.82) is 0 Å². The fraction of sp³-hybridized carbons (Fsp3) is 0.0870. The van der Waals surface area contributed by atoms with Crippen LogP contribution in [0.2, 0.25) is 0 Å². The van der Waals surface area contributed by atoms with Crippen molar-refractivity contribution in [3.05, 3.63) is 88.3 Å². The lowest BCUT2D eigenvalue weighted by Gasteiger charge is -2.08. The summed E-state index contributed by atoms with van der Waals surface area (Å²) < 4.78 is 12.3. The van der Waals surface area contributed by atoms with Crippen molar-refractivity contribution in [3.8, 4) is 22.6 Å². The molecule has 29 heavy (non-hydrogen) atoms. The van der Waals surface area contributed by atoms with Gasteiger partial charge in [0.15, 0.2) is 5.76 Å². The third-order valence-corrected chi connectivity index (χ3v) is 5.05. The summed E-state index contributed by atoms with van der Waals surface area (Å²) in [5.41, 5.74) is 3.40. The van der Waals surface area contributed by atoms with Crippen LogP contribution in [-0.4, -0.2) is 11.0 Å². The van der Waals surface area contributed by atoms with Gasteiger partial charge in [-0.15, -0.1) is 0 Å². The van der Waals surface area contributed by atoms with Crippen LogP contribution in [0, 0.1) is 6.92 Å². The number of carbonyl (C=O) groups excluding carboxylic acids is 1. The number of aryl methyl sites for hydroxylation is 1. The smallest absolute Gasteiger partial charge is 0.291 e. The Labute approximate surface area is 176 Å². The van der Waals surface area contributed by atoms with E-state index >= 15 is 0 Å². The molecule has 0 saturated heterocycles. The lowest BCUT2D eigenvalue weighted by molar-refractivity contribution is 0.0997. The zero-order chi connectivity index (χ0) is 20.4. The molecule has 1 amide bonds. The van der Waals surface area contributed by atoms with Gasteiger partial charge in [0.25, 0.3) is 5.91 Å². The second-order valence-electron chi connectivity index (χ2n) is 6.58. The highest BCUT2D eigenvalue weighted by molar-refractivity contribution is 9.10. The van der Waals surface area contributed by atoms with Crippen LogP contribution in [0.25, 0.3) is 22.6 Å². The molecule has 2 N–H and O–H groups in total. The molecule has 0 fully saturated rings. The predicted molar refractivity (Wildman–Crippen MR) is 115 cm³/mol. The number of carbonyl (C=O) groups is 1. The molecule has 0 atom stereocenters. The summed E-state index contributed by atoms with van der Waals surface area (Å²) in [6.45, 7) is 1.79. The quantitative estimate of drug-likeness (QED) is 0.388. The first kappa shape index (κ1) is 19.2. The summed E-state index contributed by atoms with van der Waals surface area (Å²) in [6, 6.07) is 20.2. The third kappa shape index (κ3) is 4.18. The average Bonchev–Trinajstić information content (AvgIpc) is 3.38. The van der Waals surface area contributed by atoms with E-state index in [0.717, 1.165) is 21.2 Å². The Morgan fingerprint density at radius 3 is 2.41 bits per heavy atom. The highest BCUT2D eigenvalue weighted by Gasteiger charge is 2.14. The molecule has 0 saturated carbocycles. The van der Waals surface area contributed by atoms with Crippen LogP contribution in [0.5, 0.6) is 0 Å². The second-order valence-corrected chi connectivity index (χ2v) is 7.49. The van der Waals surface area contributed by atoms with Gasteiger partial charge in [0.1, 0.15) is 23.9 Å². The van der Waals surface area contributed by atoms with Crippen LogP contribution >= 0.6 is 15.9 Å². The van der Waals surface area contributed by atoms with E-state index in [9.17, 15) is 4.79 Å². The normalized spacial score (nSPS) is 10.9. The fourth-order valence-electron chi connectivity index (χ4n) is 3.05. The Morgan fingerprint density at radius 1 is 0.966 bits per heavy atom. The first-order chi connectivity index (χ1) is 14.0. The van der Waals surface area contributed by atoms with Gasteiger partial charge in [0.05, 0.1) is 0 Å². The zero-order valence-corrected chi connectivity index (χ0v) is 17.2. The minimum absolute atomic E-state index is 0.140. The maximum atomic E-state index is 12.6. The first-order valence-electron chi connectivity index (χ1n) is 9.01. The number of anilines is 1. The average molecular weight is 452 g/mol. The molecule has 146 valence electrons. The topological polar surface area (TPSA) is 75.6 Å². The summed E-state index contributed by atoms with van der Waals surface area (Å²) in [5.74, 6) is 1.74. The number of halogens is 1. The number of aliphatic hydroxyl groups excluding tert-OH is 1. The Morgan fingerprint density at radius 2 is 1.72 bits per heavy atom. The lowest BCUT2D eigenvalue weighted by atomic mass is 10.1. The summed E-state index contributed by atoms with van der Waals surface area (Å²) in [7, 11) is 0. The molecule has 0 bridgehead atoms. The van der Waals surface area contributed by atoms with Crippen molar-refractivity contribution in [1.82, 2.24) is 0 Å². The van der Waals surface area contributed by atoms with E-state index in [1.54, 1.807) is 24.3 Å². The fourth-order valence-corrected chi connectivity index (χ4v) is 3.31. The van der Waals surface area contributed by atoms with Gasteiger partial charge < -0.3 is 19.3 Å². The maximum absolute atomic E-state index is 12.6. The Bertz CT molecular complexity index is 1160. The highest BCUT2D eigenvalue weighted by Crippen LogP contribution is 2.29. The number of furan rings is 2. The molecule has 0 aliphatic heterocycles. The van der Waals surface area contributed by atoms with Crippen LogP contribution in [0.4, 0.5) is 5.69 Å². The summed E-state index contributed by atoms with van der Waals surface area (Å²) >= 11 is 3.40. The van der Waals surface area contributed by atoms with Gasteiger partial charge in [0.2, 0.25) is 0 Å². The molecule has 2 aromatic carbocycles. The number of aliphatic hydroxyl groups is 1. The number of hydrogen-bond donors (Lipinski definition) is 2. The van der Waals surface area contributed by atoms with Crippen molar-refractivity contribution >= 4 is 27.5 Å².